The molecule has 0 saturated heterocycles. The van der Waals surface area contributed by atoms with E-state index in [1.807, 2.05) is 76.2 Å². The van der Waals surface area contributed by atoms with Crippen LogP contribution in [0.25, 0.3) is 0 Å². The van der Waals surface area contributed by atoms with E-state index in [2.05, 4.69) is 5.32 Å². The molecule has 1 atom stereocenters. The van der Waals surface area contributed by atoms with E-state index in [9.17, 15) is 4.79 Å². The molecule has 1 unspecified atom stereocenters. The summed E-state index contributed by atoms with van der Waals surface area (Å²) in [4.78, 5) is 12.3. The van der Waals surface area contributed by atoms with Crippen LogP contribution in [0.2, 0.25) is 0 Å². The molecule has 2 rings (SSSR count). The number of amides is 1. The Morgan fingerprint density at radius 2 is 1.77 bits per heavy atom. The lowest BCUT2D eigenvalue weighted by atomic mass is 10.1. The molecule has 0 radical (unpaired) electrons. The number of hydrogen-bond donors (Lipinski definition) is 1. The van der Waals surface area contributed by atoms with Crippen molar-refractivity contribution in [2.45, 2.75) is 52.7 Å². The summed E-state index contributed by atoms with van der Waals surface area (Å²) in [5, 5.41) is 3.06. The van der Waals surface area contributed by atoms with Crippen molar-refractivity contribution in [3.63, 3.8) is 0 Å². The van der Waals surface area contributed by atoms with Gasteiger partial charge in [0.05, 0.1) is 18.8 Å². The molecule has 0 bridgehead atoms. The second-order valence-corrected chi connectivity index (χ2v) is 6.61. The molecule has 4 nitrogen and oxygen atoms in total. The van der Waals surface area contributed by atoms with Crippen LogP contribution >= 0.6 is 0 Å². The number of carbonyl (C=O) groups excluding carboxylic acids is 1. The summed E-state index contributed by atoms with van der Waals surface area (Å²) in [5.41, 5.74) is 2.17. The third-order valence-corrected chi connectivity index (χ3v) is 3.98. The first-order chi connectivity index (χ1) is 12.5. The van der Waals surface area contributed by atoms with Crippen molar-refractivity contribution in [2.24, 2.45) is 0 Å². The minimum absolute atomic E-state index is 0.0431. The van der Waals surface area contributed by atoms with Gasteiger partial charge in [-0.25, -0.2) is 0 Å². The standard InChI is InChI=1S/C22H29NO3/c1-5-25-20-12-9-18(10-13-20)11-14-22(24)23-17(4)19-7-6-8-21(15-19)26-16(2)3/h6-10,12-13,15-17H,5,11,14H2,1-4H3,(H,23,24). The third-order valence-electron chi connectivity index (χ3n) is 3.98. The molecule has 1 amide bonds. The number of hydrogen-bond acceptors (Lipinski definition) is 3. The first-order valence-corrected chi connectivity index (χ1v) is 9.25. The van der Waals surface area contributed by atoms with Crippen LogP contribution in [0, 0.1) is 0 Å². The molecule has 0 aromatic heterocycles. The Morgan fingerprint density at radius 3 is 2.42 bits per heavy atom. The Hall–Kier alpha value is -2.49. The Morgan fingerprint density at radius 1 is 1.04 bits per heavy atom. The van der Waals surface area contributed by atoms with E-state index in [1.165, 1.54) is 0 Å². The van der Waals surface area contributed by atoms with E-state index in [0.717, 1.165) is 22.6 Å². The minimum Gasteiger partial charge on any atom is -0.494 e. The Kier molecular flexibility index (Phi) is 7.52. The summed E-state index contributed by atoms with van der Waals surface area (Å²) in [6.07, 6.45) is 1.30. The summed E-state index contributed by atoms with van der Waals surface area (Å²) in [6, 6.07) is 15.7. The molecule has 26 heavy (non-hydrogen) atoms. The maximum atomic E-state index is 12.3. The molecule has 0 spiro atoms. The van der Waals surface area contributed by atoms with E-state index in [-0.39, 0.29) is 18.1 Å². The van der Waals surface area contributed by atoms with Gasteiger partial charge >= 0.3 is 0 Å². The van der Waals surface area contributed by atoms with Gasteiger partial charge in [0.15, 0.2) is 0 Å². The van der Waals surface area contributed by atoms with Gasteiger partial charge in [-0.3, -0.25) is 4.79 Å². The maximum Gasteiger partial charge on any atom is 0.220 e. The topological polar surface area (TPSA) is 47.6 Å². The zero-order valence-electron chi connectivity index (χ0n) is 16.1. The Bertz CT molecular complexity index is 695. The summed E-state index contributed by atoms with van der Waals surface area (Å²) < 4.78 is 11.2. The molecule has 0 heterocycles. The molecular weight excluding hydrogens is 326 g/mol. The zero-order valence-corrected chi connectivity index (χ0v) is 16.1. The Labute approximate surface area is 156 Å². The second-order valence-electron chi connectivity index (χ2n) is 6.61. The predicted octanol–water partition coefficient (Wildman–Crippen LogP) is 4.68. The molecule has 140 valence electrons. The van der Waals surface area contributed by atoms with Crippen LogP contribution < -0.4 is 14.8 Å². The third kappa shape index (κ3) is 6.43. The van der Waals surface area contributed by atoms with Gasteiger partial charge in [-0.15, -0.1) is 0 Å². The van der Waals surface area contributed by atoms with Crippen LogP contribution in [0.5, 0.6) is 11.5 Å². The van der Waals surface area contributed by atoms with Crippen LogP contribution in [-0.4, -0.2) is 18.6 Å². The van der Waals surface area contributed by atoms with Crippen molar-refractivity contribution in [2.75, 3.05) is 6.61 Å². The molecule has 0 saturated carbocycles. The highest BCUT2D eigenvalue weighted by Crippen LogP contribution is 2.20. The summed E-state index contributed by atoms with van der Waals surface area (Å²) in [7, 11) is 0. The Balaban J connectivity index is 1.85. The maximum absolute atomic E-state index is 12.3. The van der Waals surface area contributed by atoms with Gasteiger partial charge in [0.25, 0.3) is 0 Å². The van der Waals surface area contributed by atoms with Crippen molar-refractivity contribution in [3.05, 3.63) is 59.7 Å². The van der Waals surface area contributed by atoms with E-state index in [4.69, 9.17) is 9.47 Å². The number of benzene rings is 2. The fraction of sp³-hybridized carbons (Fsp3) is 0.409. The minimum atomic E-state index is -0.0569. The second kappa shape index (κ2) is 9.85. The highest BCUT2D eigenvalue weighted by atomic mass is 16.5. The summed E-state index contributed by atoms with van der Waals surface area (Å²) >= 11 is 0. The lowest BCUT2D eigenvalue weighted by Gasteiger charge is -2.16. The largest absolute Gasteiger partial charge is 0.494 e. The lowest BCUT2D eigenvalue weighted by Crippen LogP contribution is -2.26. The van der Waals surface area contributed by atoms with Gasteiger partial charge in [-0.1, -0.05) is 24.3 Å². The van der Waals surface area contributed by atoms with Crippen LogP contribution in [0.3, 0.4) is 0 Å². The van der Waals surface area contributed by atoms with Crippen molar-refractivity contribution in [1.82, 2.24) is 5.32 Å². The van der Waals surface area contributed by atoms with Crippen molar-refractivity contribution in [3.8, 4) is 11.5 Å². The van der Waals surface area contributed by atoms with E-state index < -0.39 is 0 Å². The molecule has 4 heteroatoms. The van der Waals surface area contributed by atoms with Crippen LogP contribution in [0.15, 0.2) is 48.5 Å². The van der Waals surface area contributed by atoms with Crippen molar-refractivity contribution in [1.29, 1.82) is 0 Å². The fourth-order valence-corrected chi connectivity index (χ4v) is 2.70. The van der Waals surface area contributed by atoms with Gasteiger partial charge < -0.3 is 14.8 Å². The lowest BCUT2D eigenvalue weighted by molar-refractivity contribution is -0.121. The molecule has 2 aromatic rings. The SMILES string of the molecule is CCOc1ccc(CCC(=O)NC(C)c2cccc(OC(C)C)c2)cc1. The van der Waals surface area contributed by atoms with E-state index in [0.29, 0.717) is 19.4 Å². The molecule has 1 N–H and O–H groups in total. The van der Waals surface area contributed by atoms with Gasteiger partial charge in [0.2, 0.25) is 5.91 Å². The van der Waals surface area contributed by atoms with E-state index >= 15 is 0 Å². The molecule has 2 aromatic carbocycles. The smallest absolute Gasteiger partial charge is 0.220 e. The van der Waals surface area contributed by atoms with Crippen LogP contribution in [0.1, 0.15) is 51.3 Å². The van der Waals surface area contributed by atoms with Gasteiger partial charge in [-0.2, -0.15) is 0 Å². The number of nitrogens with one attached hydrogen (secondary N) is 1. The average molecular weight is 355 g/mol. The van der Waals surface area contributed by atoms with Gasteiger partial charge in [0, 0.05) is 6.42 Å². The molecule has 0 aliphatic carbocycles. The monoisotopic (exact) mass is 355 g/mol. The first kappa shape index (κ1) is 19.8. The normalized spacial score (nSPS) is 11.9. The molecule has 0 fully saturated rings. The van der Waals surface area contributed by atoms with Crippen LogP contribution in [0.4, 0.5) is 0 Å². The number of ether oxygens (including phenoxy) is 2. The zero-order chi connectivity index (χ0) is 18.9. The number of rotatable bonds is 9. The molecule has 0 aliphatic rings. The quantitative estimate of drug-likeness (QED) is 0.710. The van der Waals surface area contributed by atoms with Gasteiger partial charge in [-0.05, 0) is 69.5 Å². The van der Waals surface area contributed by atoms with Gasteiger partial charge in [0.1, 0.15) is 11.5 Å². The fourth-order valence-electron chi connectivity index (χ4n) is 2.70. The van der Waals surface area contributed by atoms with Crippen molar-refractivity contribution < 1.29 is 14.3 Å². The molecular formula is C22H29NO3. The number of carbonyl (C=O) groups is 1. The van der Waals surface area contributed by atoms with Crippen molar-refractivity contribution >= 4 is 5.91 Å². The highest BCUT2D eigenvalue weighted by molar-refractivity contribution is 5.76. The average Bonchev–Trinajstić information content (AvgIpc) is 2.61. The van der Waals surface area contributed by atoms with E-state index in [1.54, 1.807) is 0 Å². The summed E-state index contributed by atoms with van der Waals surface area (Å²) in [5.74, 6) is 1.73. The molecule has 0 aliphatic heterocycles. The highest BCUT2D eigenvalue weighted by Gasteiger charge is 2.11. The number of aryl methyl sites for hydroxylation is 1. The van der Waals surface area contributed by atoms with Crippen LogP contribution in [-0.2, 0) is 11.2 Å². The predicted molar refractivity (Wildman–Crippen MR) is 105 cm³/mol. The first-order valence-electron chi connectivity index (χ1n) is 9.25. The summed E-state index contributed by atoms with van der Waals surface area (Å²) in [6.45, 7) is 8.61.